The van der Waals surface area contributed by atoms with Crippen LogP contribution in [0.3, 0.4) is 0 Å². The van der Waals surface area contributed by atoms with Gasteiger partial charge in [-0.3, -0.25) is 0 Å². The zero-order valence-corrected chi connectivity index (χ0v) is 7.63. The largest absolute Gasteiger partial charge is 0.376 e. The van der Waals surface area contributed by atoms with Crippen molar-refractivity contribution in [1.82, 2.24) is 0 Å². The molecule has 0 aromatic carbocycles. The molecule has 0 aliphatic carbocycles. The average Bonchev–Trinajstić information content (AvgIpc) is 1.88. The zero-order chi connectivity index (χ0) is 6.69. The van der Waals surface area contributed by atoms with Crippen LogP contribution in [0.4, 0.5) is 0 Å². The molecule has 54 valence electrons. The molecule has 0 amide bonds. The molecule has 0 unspecified atom stereocenters. The standard InChI is InChI=1S/C6H11IO2/c1-5-3-8-4-6(2-7)9-5/h5-6H,2-4H2,1H3/t5-,6+/m0/s1. The van der Waals surface area contributed by atoms with Gasteiger partial charge in [-0.15, -0.1) is 0 Å². The van der Waals surface area contributed by atoms with Crippen molar-refractivity contribution in [2.75, 3.05) is 17.6 Å². The normalized spacial score (nSPS) is 36.7. The quantitative estimate of drug-likeness (QED) is 0.508. The third-order valence-corrected chi connectivity index (χ3v) is 2.24. The highest BCUT2D eigenvalue weighted by Crippen LogP contribution is 2.08. The van der Waals surface area contributed by atoms with Crippen molar-refractivity contribution in [1.29, 1.82) is 0 Å². The summed E-state index contributed by atoms with van der Waals surface area (Å²) < 4.78 is 11.8. The van der Waals surface area contributed by atoms with Crippen molar-refractivity contribution in [2.24, 2.45) is 0 Å². The number of rotatable bonds is 1. The molecule has 0 spiro atoms. The van der Waals surface area contributed by atoms with Crippen LogP contribution in [-0.4, -0.2) is 29.8 Å². The third-order valence-electron chi connectivity index (χ3n) is 1.25. The predicted octanol–water partition coefficient (Wildman–Crippen LogP) is 1.23. The minimum absolute atomic E-state index is 0.290. The van der Waals surface area contributed by atoms with Crippen molar-refractivity contribution < 1.29 is 9.47 Å². The fourth-order valence-corrected chi connectivity index (χ4v) is 1.32. The minimum Gasteiger partial charge on any atom is -0.376 e. The maximum absolute atomic E-state index is 5.50. The molecule has 0 bridgehead atoms. The number of hydrogen-bond donors (Lipinski definition) is 0. The lowest BCUT2D eigenvalue weighted by Crippen LogP contribution is -2.35. The Morgan fingerprint density at radius 3 is 2.78 bits per heavy atom. The Morgan fingerprint density at radius 2 is 2.33 bits per heavy atom. The Bertz CT molecular complexity index is 87.1. The summed E-state index contributed by atoms with van der Waals surface area (Å²) in [4.78, 5) is 0. The van der Waals surface area contributed by atoms with Crippen molar-refractivity contribution in [3.8, 4) is 0 Å². The molecule has 0 aromatic rings. The molecule has 0 radical (unpaired) electrons. The number of halogens is 1. The lowest BCUT2D eigenvalue weighted by atomic mass is 10.3. The van der Waals surface area contributed by atoms with Gasteiger partial charge >= 0.3 is 0 Å². The smallest absolute Gasteiger partial charge is 0.0902 e. The molecule has 1 fully saturated rings. The predicted molar refractivity (Wildman–Crippen MR) is 44.0 cm³/mol. The van der Waals surface area contributed by atoms with Crippen LogP contribution in [0.15, 0.2) is 0 Å². The van der Waals surface area contributed by atoms with Crippen LogP contribution in [0.2, 0.25) is 0 Å². The maximum Gasteiger partial charge on any atom is 0.0902 e. The summed E-state index contributed by atoms with van der Waals surface area (Å²) in [5, 5.41) is 0. The summed E-state index contributed by atoms with van der Waals surface area (Å²) in [6.07, 6.45) is 0.618. The fourth-order valence-electron chi connectivity index (χ4n) is 0.853. The first-order valence-electron chi connectivity index (χ1n) is 3.12. The second-order valence-electron chi connectivity index (χ2n) is 2.26. The Kier molecular flexibility index (Phi) is 3.21. The van der Waals surface area contributed by atoms with Gasteiger partial charge < -0.3 is 9.47 Å². The highest BCUT2D eigenvalue weighted by molar-refractivity contribution is 14.1. The fraction of sp³-hybridized carbons (Fsp3) is 1.00. The molecule has 2 atom stereocenters. The summed E-state index contributed by atoms with van der Waals surface area (Å²) in [6.45, 7) is 3.57. The number of ether oxygens (including phenoxy) is 2. The van der Waals surface area contributed by atoms with Gasteiger partial charge in [-0.05, 0) is 6.92 Å². The molecule has 0 saturated carbocycles. The average molecular weight is 242 g/mol. The van der Waals surface area contributed by atoms with Crippen LogP contribution in [0.25, 0.3) is 0 Å². The van der Waals surface area contributed by atoms with E-state index in [1.165, 1.54) is 0 Å². The van der Waals surface area contributed by atoms with E-state index in [9.17, 15) is 0 Å². The molecule has 1 aliphatic rings. The van der Waals surface area contributed by atoms with Gasteiger partial charge in [0, 0.05) is 4.43 Å². The van der Waals surface area contributed by atoms with Crippen molar-refractivity contribution in [3.05, 3.63) is 0 Å². The maximum atomic E-state index is 5.50. The van der Waals surface area contributed by atoms with Crippen molar-refractivity contribution in [2.45, 2.75) is 19.1 Å². The summed E-state index contributed by atoms with van der Waals surface area (Å²) >= 11 is 2.31. The molecule has 1 heterocycles. The Balaban J connectivity index is 2.23. The second kappa shape index (κ2) is 3.73. The topological polar surface area (TPSA) is 18.5 Å². The van der Waals surface area contributed by atoms with E-state index in [4.69, 9.17) is 9.47 Å². The summed E-state index contributed by atoms with van der Waals surface area (Å²) in [6, 6.07) is 0. The number of hydrogen-bond acceptors (Lipinski definition) is 2. The van der Waals surface area contributed by atoms with E-state index in [0.717, 1.165) is 17.6 Å². The van der Waals surface area contributed by atoms with E-state index in [1.54, 1.807) is 0 Å². The van der Waals surface area contributed by atoms with Crippen molar-refractivity contribution >= 4 is 22.6 Å². The first kappa shape index (κ1) is 7.75. The van der Waals surface area contributed by atoms with E-state index < -0.39 is 0 Å². The SMILES string of the molecule is C[C@H]1COC[C@@H](CI)O1. The molecule has 0 N–H and O–H groups in total. The van der Waals surface area contributed by atoms with E-state index in [0.29, 0.717) is 12.2 Å². The summed E-state index contributed by atoms with van der Waals surface area (Å²) in [5.74, 6) is 0. The number of alkyl halides is 1. The molecule has 9 heavy (non-hydrogen) atoms. The van der Waals surface area contributed by atoms with Gasteiger partial charge in [0.1, 0.15) is 0 Å². The minimum atomic E-state index is 0.290. The van der Waals surface area contributed by atoms with Crippen LogP contribution < -0.4 is 0 Å². The molecule has 2 nitrogen and oxygen atoms in total. The van der Waals surface area contributed by atoms with Crippen LogP contribution >= 0.6 is 22.6 Å². The molecular weight excluding hydrogens is 231 g/mol. The van der Waals surface area contributed by atoms with Gasteiger partial charge in [-0.25, -0.2) is 0 Å². The Morgan fingerprint density at radius 1 is 1.56 bits per heavy atom. The molecule has 3 heteroatoms. The monoisotopic (exact) mass is 242 g/mol. The molecule has 1 aliphatic heterocycles. The van der Waals surface area contributed by atoms with Crippen LogP contribution in [0, 0.1) is 0 Å². The first-order chi connectivity index (χ1) is 4.33. The van der Waals surface area contributed by atoms with Crippen LogP contribution in [0.5, 0.6) is 0 Å². The van der Waals surface area contributed by atoms with Crippen LogP contribution in [-0.2, 0) is 9.47 Å². The van der Waals surface area contributed by atoms with Gasteiger partial charge in [-0.1, -0.05) is 22.6 Å². The molecule has 0 aromatic heterocycles. The van der Waals surface area contributed by atoms with Gasteiger partial charge in [0.25, 0.3) is 0 Å². The summed E-state index contributed by atoms with van der Waals surface area (Å²) in [5.41, 5.74) is 0. The van der Waals surface area contributed by atoms with Gasteiger partial charge in [0.05, 0.1) is 25.4 Å². The first-order valence-corrected chi connectivity index (χ1v) is 4.64. The van der Waals surface area contributed by atoms with Gasteiger partial charge in [0.2, 0.25) is 0 Å². The highest BCUT2D eigenvalue weighted by Gasteiger charge is 2.17. The zero-order valence-electron chi connectivity index (χ0n) is 5.47. The lowest BCUT2D eigenvalue weighted by molar-refractivity contribution is -0.120. The van der Waals surface area contributed by atoms with Crippen LogP contribution in [0.1, 0.15) is 6.92 Å². The van der Waals surface area contributed by atoms with E-state index in [1.807, 2.05) is 6.92 Å². The molecule has 1 saturated heterocycles. The van der Waals surface area contributed by atoms with E-state index in [2.05, 4.69) is 22.6 Å². The van der Waals surface area contributed by atoms with E-state index >= 15 is 0 Å². The molecule has 1 rings (SSSR count). The highest BCUT2D eigenvalue weighted by atomic mass is 127. The Hall–Kier alpha value is 0.650. The van der Waals surface area contributed by atoms with Gasteiger partial charge in [-0.2, -0.15) is 0 Å². The van der Waals surface area contributed by atoms with Crippen molar-refractivity contribution in [3.63, 3.8) is 0 Å². The second-order valence-corrected chi connectivity index (χ2v) is 3.14. The lowest BCUT2D eigenvalue weighted by Gasteiger charge is -2.26. The van der Waals surface area contributed by atoms with Gasteiger partial charge in [0.15, 0.2) is 0 Å². The van der Waals surface area contributed by atoms with E-state index in [-0.39, 0.29) is 0 Å². The summed E-state index contributed by atoms with van der Waals surface area (Å²) in [7, 11) is 0. The Labute approximate surface area is 69.0 Å². The third kappa shape index (κ3) is 2.39. The molecular formula is C6H11IO2.